The zero-order chi connectivity index (χ0) is 18.2. The van der Waals surface area contributed by atoms with Gasteiger partial charge in [-0.25, -0.2) is 0 Å². The monoisotopic (exact) mass is 356 g/mol. The van der Waals surface area contributed by atoms with E-state index in [1.165, 1.54) is 0 Å². The summed E-state index contributed by atoms with van der Waals surface area (Å²) in [6.45, 7) is 1.80. The molecule has 5 rings (SSSR count). The second kappa shape index (κ2) is 6.47. The van der Waals surface area contributed by atoms with Crippen molar-refractivity contribution in [1.29, 1.82) is 0 Å². The molecule has 0 aliphatic carbocycles. The molecule has 0 saturated heterocycles. The maximum absolute atomic E-state index is 13.4. The van der Waals surface area contributed by atoms with E-state index in [-0.39, 0.29) is 11.9 Å². The van der Waals surface area contributed by atoms with Crippen LogP contribution in [0.3, 0.4) is 0 Å². The van der Waals surface area contributed by atoms with Gasteiger partial charge in [0.1, 0.15) is 12.4 Å². The van der Waals surface area contributed by atoms with Gasteiger partial charge in [0, 0.05) is 30.5 Å². The Morgan fingerprint density at radius 2 is 1.74 bits per heavy atom. The highest BCUT2D eigenvalue weighted by molar-refractivity contribution is 5.99. The number of rotatable bonds is 2. The fourth-order valence-corrected chi connectivity index (χ4v) is 4.01. The number of hydrogen-bond acceptors (Lipinski definition) is 2. The summed E-state index contributed by atoms with van der Waals surface area (Å²) >= 11 is 0. The Balaban J connectivity index is 1.54. The predicted molar refractivity (Wildman–Crippen MR) is 104 cm³/mol. The van der Waals surface area contributed by atoms with Crippen molar-refractivity contribution in [3.05, 3.63) is 95.3 Å². The number of carbonyl (C=O) groups excluding carboxylic acids is 1. The van der Waals surface area contributed by atoms with Crippen molar-refractivity contribution in [3.63, 3.8) is 0 Å². The predicted octanol–water partition coefficient (Wildman–Crippen LogP) is 3.90. The molecule has 0 radical (unpaired) electrons. The van der Waals surface area contributed by atoms with Crippen LogP contribution in [0.1, 0.15) is 22.9 Å². The molecule has 2 aliphatic heterocycles. The van der Waals surface area contributed by atoms with E-state index in [9.17, 15) is 4.79 Å². The summed E-state index contributed by atoms with van der Waals surface area (Å²) in [5.74, 6) is 0.881. The molecular formula is C23H20N2O2. The topological polar surface area (TPSA) is 34.5 Å². The number of nitrogens with zero attached hydrogens (tertiary/aromatic N) is 2. The molecule has 2 aliphatic rings. The van der Waals surface area contributed by atoms with Crippen LogP contribution in [-0.4, -0.2) is 28.5 Å². The van der Waals surface area contributed by atoms with E-state index in [1.54, 1.807) is 0 Å². The lowest BCUT2D eigenvalue weighted by Crippen LogP contribution is -2.43. The molecule has 27 heavy (non-hydrogen) atoms. The Labute approximate surface area is 158 Å². The van der Waals surface area contributed by atoms with Gasteiger partial charge in [-0.15, -0.1) is 0 Å². The van der Waals surface area contributed by atoms with E-state index in [0.29, 0.717) is 18.7 Å². The first-order chi connectivity index (χ1) is 13.3. The van der Waals surface area contributed by atoms with Gasteiger partial charge in [0.2, 0.25) is 0 Å². The van der Waals surface area contributed by atoms with Gasteiger partial charge in [-0.05, 0) is 29.8 Å². The first-order valence-electron chi connectivity index (χ1n) is 9.24. The lowest BCUT2D eigenvalue weighted by molar-refractivity contribution is -0.130. The summed E-state index contributed by atoms with van der Waals surface area (Å²) in [4.78, 5) is 15.4. The van der Waals surface area contributed by atoms with Crippen molar-refractivity contribution in [2.45, 2.75) is 12.6 Å². The van der Waals surface area contributed by atoms with Crippen LogP contribution in [0.4, 0.5) is 0 Å². The van der Waals surface area contributed by atoms with Crippen LogP contribution in [0.2, 0.25) is 0 Å². The number of ether oxygens (including phenoxy) is 1. The summed E-state index contributed by atoms with van der Waals surface area (Å²) in [5.41, 5.74) is 3.94. The Morgan fingerprint density at radius 1 is 0.926 bits per heavy atom. The molecule has 3 heterocycles. The largest absolute Gasteiger partial charge is 0.488 e. The number of fused-ring (bicyclic) bond motifs is 2. The van der Waals surface area contributed by atoms with E-state index >= 15 is 0 Å². The van der Waals surface area contributed by atoms with Gasteiger partial charge in [0.15, 0.2) is 0 Å². The average Bonchev–Trinajstić information content (AvgIpc) is 3.21. The second-order valence-corrected chi connectivity index (χ2v) is 6.93. The molecule has 4 nitrogen and oxygen atoms in total. The molecule has 1 atom stereocenters. The minimum atomic E-state index is -0.0829. The third-order valence-corrected chi connectivity index (χ3v) is 5.32. The summed E-state index contributed by atoms with van der Waals surface area (Å²) < 4.78 is 8.06. The Bertz CT molecular complexity index is 1020. The van der Waals surface area contributed by atoms with Gasteiger partial charge in [0.05, 0.1) is 11.6 Å². The van der Waals surface area contributed by atoms with Gasteiger partial charge in [0.25, 0.3) is 5.91 Å². The first-order valence-corrected chi connectivity index (χ1v) is 9.24. The number of amides is 1. The fourth-order valence-electron chi connectivity index (χ4n) is 4.01. The molecule has 134 valence electrons. The molecule has 0 N–H and O–H groups in total. The molecule has 0 bridgehead atoms. The van der Waals surface area contributed by atoms with Crippen molar-refractivity contribution >= 4 is 12.0 Å². The molecule has 0 spiro atoms. The maximum Gasteiger partial charge on any atom is 0.254 e. The van der Waals surface area contributed by atoms with Crippen LogP contribution in [0.5, 0.6) is 5.75 Å². The van der Waals surface area contributed by atoms with Crippen molar-refractivity contribution < 1.29 is 9.53 Å². The van der Waals surface area contributed by atoms with Crippen LogP contribution in [0, 0.1) is 0 Å². The number of hydrogen-bond donors (Lipinski definition) is 0. The number of para-hydroxylation sites is 1. The van der Waals surface area contributed by atoms with Gasteiger partial charge < -0.3 is 14.2 Å². The Kier molecular flexibility index (Phi) is 3.82. The molecule has 0 fully saturated rings. The lowest BCUT2D eigenvalue weighted by Gasteiger charge is -2.38. The quantitative estimate of drug-likeness (QED) is 0.698. The fraction of sp³-hybridized carbons (Fsp3) is 0.174. The highest BCUT2D eigenvalue weighted by Gasteiger charge is 2.34. The molecule has 4 heteroatoms. The zero-order valence-electron chi connectivity index (χ0n) is 14.9. The van der Waals surface area contributed by atoms with Crippen molar-refractivity contribution in [2.24, 2.45) is 0 Å². The number of benzene rings is 2. The van der Waals surface area contributed by atoms with Gasteiger partial charge in [-0.2, -0.15) is 0 Å². The first kappa shape index (κ1) is 15.9. The van der Waals surface area contributed by atoms with Crippen LogP contribution >= 0.6 is 0 Å². The highest BCUT2D eigenvalue weighted by atomic mass is 16.5. The minimum Gasteiger partial charge on any atom is -0.488 e. The van der Waals surface area contributed by atoms with Crippen molar-refractivity contribution in [2.75, 3.05) is 13.2 Å². The van der Waals surface area contributed by atoms with Crippen molar-refractivity contribution in [3.8, 4) is 5.75 Å². The van der Waals surface area contributed by atoms with E-state index in [4.69, 9.17) is 4.74 Å². The summed E-state index contributed by atoms with van der Waals surface area (Å²) in [5, 5.41) is 0. The van der Waals surface area contributed by atoms with Gasteiger partial charge in [-0.1, -0.05) is 48.5 Å². The normalized spacial score (nSPS) is 18.1. The van der Waals surface area contributed by atoms with E-state index in [2.05, 4.69) is 35.0 Å². The summed E-state index contributed by atoms with van der Waals surface area (Å²) in [7, 11) is 0. The molecule has 1 amide bonds. The highest BCUT2D eigenvalue weighted by Crippen LogP contribution is 2.34. The SMILES string of the molecule is O=C(C1=Cc2ccccc2OC1)N1CCn2cccc2C1c1ccccc1. The van der Waals surface area contributed by atoms with Crippen LogP contribution in [0.15, 0.2) is 78.5 Å². The van der Waals surface area contributed by atoms with Crippen molar-refractivity contribution in [1.82, 2.24) is 9.47 Å². The summed E-state index contributed by atoms with van der Waals surface area (Å²) in [6.07, 6.45) is 4.06. The lowest BCUT2D eigenvalue weighted by atomic mass is 9.98. The van der Waals surface area contributed by atoms with Crippen LogP contribution in [0.25, 0.3) is 6.08 Å². The van der Waals surface area contributed by atoms with Crippen LogP contribution < -0.4 is 4.74 Å². The molecule has 1 unspecified atom stereocenters. The number of carbonyl (C=O) groups is 1. The van der Waals surface area contributed by atoms with Crippen LogP contribution in [-0.2, 0) is 11.3 Å². The third kappa shape index (κ3) is 2.74. The minimum absolute atomic E-state index is 0.0470. The Morgan fingerprint density at radius 3 is 2.63 bits per heavy atom. The molecule has 0 saturated carbocycles. The standard InChI is InChI=1S/C23H20N2O2/c26-23(19-15-18-9-4-5-11-21(18)27-16-19)25-14-13-24-12-6-10-20(24)22(25)17-7-2-1-3-8-17/h1-12,15,22H,13-14,16H2. The molecular weight excluding hydrogens is 336 g/mol. The zero-order valence-corrected chi connectivity index (χ0v) is 14.9. The second-order valence-electron chi connectivity index (χ2n) is 6.93. The van der Waals surface area contributed by atoms with Gasteiger partial charge in [-0.3, -0.25) is 4.79 Å². The Hall–Kier alpha value is -3.27. The maximum atomic E-state index is 13.4. The van der Waals surface area contributed by atoms with Gasteiger partial charge >= 0.3 is 0 Å². The average molecular weight is 356 g/mol. The molecule has 1 aromatic heterocycles. The molecule has 2 aromatic carbocycles. The smallest absolute Gasteiger partial charge is 0.254 e. The third-order valence-electron chi connectivity index (χ3n) is 5.32. The summed E-state index contributed by atoms with van der Waals surface area (Å²) in [6, 6.07) is 22.2. The van der Waals surface area contributed by atoms with E-state index in [0.717, 1.165) is 29.1 Å². The molecule has 3 aromatic rings. The van der Waals surface area contributed by atoms with E-state index in [1.807, 2.05) is 53.4 Å². The number of aromatic nitrogens is 1. The van der Waals surface area contributed by atoms with E-state index < -0.39 is 0 Å².